The second-order valence-electron chi connectivity index (χ2n) is 10.5. The normalized spacial score (nSPS) is 15.3. The first-order valence-corrected chi connectivity index (χ1v) is 15.4. The number of ether oxygens (including phenoxy) is 1. The molecule has 3 aromatic carbocycles. The number of piperidine rings is 1. The fourth-order valence-corrected chi connectivity index (χ4v) is 5.95. The molecule has 0 spiro atoms. The van der Waals surface area contributed by atoms with E-state index >= 15 is 0 Å². The van der Waals surface area contributed by atoms with E-state index in [0.717, 1.165) is 5.56 Å². The Kier molecular flexibility index (Phi) is 8.93. The number of carbonyl (C=O) groups excluding carboxylic acids is 4. The van der Waals surface area contributed by atoms with Gasteiger partial charge in [-0.15, -0.1) is 0 Å². The van der Waals surface area contributed by atoms with Crippen molar-refractivity contribution in [3.05, 3.63) is 101 Å². The predicted octanol–water partition coefficient (Wildman–Crippen LogP) is 3.50. The van der Waals surface area contributed by atoms with Crippen LogP contribution in [0.15, 0.2) is 83.4 Å². The first-order valence-electron chi connectivity index (χ1n) is 14.0. The minimum Gasteiger partial charge on any atom is -0.496 e. The van der Waals surface area contributed by atoms with Crippen LogP contribution < -0.4 is 15.4 Å². The van der Waals surface area contributed by atoms with Crippen LogP contribution in [0.25, 0.3) is 0 Å². The SMILES string of the molecule is COc1cc(NC(=O)COS(=O)(=O)c2ccc(C)cc2)ccc1C(=O)N1CCC(NC2=CC(=O)c3ccccc3C2=O)CC1. The summed E-state index contributed by atoms with van der Waals surface area (Å²) >= 11 is 0. The highest BCUT2D eigenvalue weighted by Gasteiger charge is 2.30. The first kappa shape index (κ1) is 30.6. The van der Waals surface area contributed by atoms with Crippen LogP contribution in [0.5, 0.6) is 5.75 Å². The number of hydrogen-bond acceptors (Lipinski definition) is 9. The number of anilines is 1. The lowest BCUT2D eigenvalue weighted by Gasteiger charge is -2.34. The molecular weight excluding hydrogens is 586 g/mol. The summed E-state index contributed by atoms with van der Waals surface area (Å²) in [6, 6.07) is 17.2. The third-order valence-corrected chi connectivity index (χ3v) is 8.75. The van der Waals surface area contributed by atoms with Crippen molar-refractivity contribution < 1.29 is 36.5 Å². The van der Waals surface area contributed by atoms with Crippen LogP contribution in [-0.2, 0) is 19.1 Å². The number of likely N-dealkylation sites (tertiary alicyclic amines) is 1. The van der Waals surface area contributed by atoms with Crippen LogP contribution in [-0.4, -0.2) is 69.5 Å². The molecule has 5 rings (SSSR count). The van der Waals surface area contributed by atoms with Crippen LogP contribution in [0.3, 0.4) is 0 Å². The number of rotatable bonds is 9. The van der Waals surface area contributed by atoms with Crippen molar-refractivity contribution in [3.63, 3.8) is 0 Å². The van der Waals surface area contributed by atoms with Gasteiger partial charge in [0.25, 0.3) is 21.9 Å². The van der Waals surface area contributed by atoms with Crippen molar-refractivity contribution in [1.82, 2.24) is 10.2 Å². The second kappa shape index (κ2) is 12.8. The third-order valence-electron chi connectivity index (χ3n) is 7.47. The van der Waals surface area contributed by atoms with Gasteiger partial charge in [-0.1, -0.05) is 42.0 Å². The van der Waals surface area contributed by atoms with E-state index in [9.17, 15) is 27.6 Å². The molecule has 0 atom stereocenters. The summed E-state index contributed by atoms with van der Waals surface area (Å²) in [6.45, 7) is 1.92. The number of benzene rings is 3. The maximum atomic E-state index is 13.4. The molecule has 1 aliphatic heterocycles. The van der Waals surface area contributed by atoms with Crippen molar-refractivity contribution in [2.75, 3.05) is 32.1 Å². The zero-order chi connectivity index (χ0) is 31.4. The Bertz CT molecular complexity index is 1760. The van der Waals surface area contributed by atoms with Crippen molar-refractivity contribution in [2.45, 2.75) is 30.7 Å². The number of methoxy groups -OCH3 is 1. The van der Waals surface area contributed by atoms with Gasteiger partial charge < -0.3 is 20.3 Å². The molecule has 1 aliphatic carbocycles. The van der Waals surface area contributed by atoms with Gasteiger partial charge in [0.1, 0.15) is 12.4 Å². The number of nitrogens with zero attached hydrogens (tertiary/aromatic N) is 1. The van der Waals surface area contributed by atoms with Crippen molar-refractivity contribution >= 4 is 39.2 Å². The van der Waals surface area contributed by atoms with Crippen LogP contribution in [0, 0.1) is 6.92 Å². The molecular formula is C32H31N3O8S. The number of hydrogen-bond donors (Lipinski definition) is 2. The highest BCUT2D eigenvalue weighted by Crippen LogP contribution is 2.27. The molecule has 1 fully saturated rings. The van der Waals surface area contributed by atoms with Crippen LogP contribution in [0.4, 0.5) is 5.69 Å². The molecule has 12 heteroatoms. The third kappa shape index (κ3) is 6.71. The molecule has 0 bridgehead atoms. The molecule has 11 nitrogen and oxygen atoms in total. The number of amides is 2. The lowest BCUT2D eigenvalue weighted by Crippen LogP contribution is -2.46. The Labute approximate surface area is 255 Å². The topological polar surface area (TPSA) is 148 Å². The fraction of sp³-hybridized carbons (Fsp3) is 0.250. The predicted molar refractivity (Wildman–Crippen MR) is 161 cm³/mol. The van der Waals surface area contributed by atoms with E-state index in [-0.39, 0.29) is 39.9 Å². The summed E-state index contributed by atoms with van der Waals surface area (Å²) in [5, 5.41) is 5.75. The number of ketones is 2. The Hall–Kier alpha value is -4.81. The van der Waals surface area contributed by atoms with Crippen LogP contribution in [0.1, 0.15) is 49.5 Å². The molecule has 0 radical (unpaired) electrons. The minimum atomic E-state index is -4.11. The Balaban J connectivity index is 1.15. The van der Waals surface area contributed by atoms with Gasteiger partial charge in [0.05, 0.1) is 23.3 Å². The van der Waals surface area contributed by atoms with E-state index in [0.29, 0.717) is 48.3 Å². The highest BCUT2D eigenvalue weighted by molar-refractivity contribution is 7.86. The maximum absolute atomic E-state index is 13.4. The molecule has 3 aromatic rings. The van der Waals surface area contributed by atoms with Gasteiger partial charge in [0, 0.05) is 48.1 Å². The second-order valence-corrected chi connectivity index (χ2v) is 12.1. The van der Waals surface area contributed by atoms with Crippen LogP contribution in [0.2, 0.25) is 0 Å². The smallest absolute Gasteiger partial charge is 0.297 e. The molecule has 44 heavy (non-hydrogen) atoms. The number of aryl methyl sites for hydroxylation is 1. The number of Topliss-reactive ketones (excluding diaryl/α,β-unsaturated/α-hetero) is 1. The summed E-state index contributed by atoms with van der Waals surface area (Å²) in [5.74, 6) is -1.18. The summed E-state index contributed by atoms with van der Waals surface area (Å²) in [4.78, 5) is 52.7. The summed E-state index contributed by atoms with van der Waals surface area (Å²) in [7, 11) is -2.71. The average molecular weight is 618 g/mol. The zero-order valence-corrected chi connectivity index (χ0v) is 25.0. The van der Waals surface area contributed by atoms with E-state index < -0.39 is 22.6 Å². The van der Waals surface area contributed by atoms with Crippen molar-refractivity contribution in [2.24, 2.45) is 0 Å². The highest BCUT2D eigenvalue weighted by atomic mass is 32.2. The van der Waals surface area contributed by atoms with E-state index in [2.05, 4.69) is 10.6 Å². The largest absolute Gasteiger partial charge is 0.496 e. The lowest BCUT2D eigenvalue weighted by atomic mass is 9.92. The van der Waals surface area contributed by atoms with E-state index in [1.165, 1.54) is 43.5 Å². The molecule has 1 heterocycles. The van der Waals surface area contributed by atoms with Gasteiger partial charge in [-0.25, -0.2) is 0 Å². The van der Waals surface area contributed by atoms with Gasteiger partial charge in [0.15, 0.2) is 5.78 Å². The Morgan fingerprint density at radius 3 is 2.32 bits per heavy atom. The molecule has 0 aromatic heterocycles. The number of carbonyl (C=O) groups is 4. The zero-order valence-electron chi connectivity index (χ0n) is 24.2. The lowest BCUT2D eigenvalue weighted by molar-refractivity contribution is -0.118. The Morgan fingerprint density at radius 1 is 0.955 bits per heavy atom. The van der Waals surface area contributed by atoms with E-state index in [4.69, 9.17) is 8.92 Å². The standard InChI is InChI=1S/C32H31N3O8S/c1-20-7-10-23(11-8-20)44(40,41)43-19-30(37)34-22-9-12-26(29(17-22)42-2)32(39)35-15-13-21(14-16-35)33-27-18-28(36)24-5-3-4-6-25(24)31(27)38/h3-12,17-18,21,33H,13-16,19H2,1-2H3,(H,34,37). The summed E-state index contributed by atoms with van der Waals surface area (Å²) in [5.41, 5.74) is 2.50. The number of fused-ring (bicyclic) bond motifs is 1. The van der Waals surface area contributed by atoms with Gasteiger partial charge in [-0.3, -0.25) is 23.4 Å². The number of allylic oxidation sites excluding steroid dienone is 2. The van der Waals surface area contributed by atoms with Crippen molar-refractivity contribution in [1.29, 1.82) is 0 Å². The van der Waals surface area contributed by atoms with Crippen LogP contribution >= 0.6 is 0 Å². The van der Waals surface area contributed by atoms with Gasteiger partial charge in [-0.05, 0) is 44.0 Å². The van der Waals surface area contributed by atoms with E-state index in [1.807, 2.05) is 6.92 Å². The van der Waals surface area contributed by atoms with Gasteiger partial charge >= 0.3 is 0 Å². The first-order chi connectivity index (χ1) is 21.1. The summed E-state index contributed by atoms with van der Waals surface area (Å²) < 4.78 is 35.0. The molecule has 2 aliphatic rings. The molecule has 0 unspecified atom stereocenters. The monoisotopic (exact) mass is 617 g/mol. The minimum absolute atomic E-state index is 0.0549. The average Bonchev–Trinajstić information content (AvgIpc) is 3.03. The van der Waals surface area contributed by atoms with Gasteiger partial charge in [-0.2, -0.15) is 8.42 Å². The Morgan fingerprint density at radius 2 is 1.64 bits per heavy atom. The number of nitrogens with one attached hydrogen (secondary N) is 2. The van der Waals surface area contributed by atoms with Gasteiger partial charge in [0.2, 0.25) is 5.78 Å². The molecule has 0 saturated carbocycles. The molecule has 1 saturated heterocycles. The molecule has 2 N–H and O–H groups in total. The van der Waals surface area contributed by atoms with E-state index in [1.54, 1.807) is 41.3 Å². The molecule has 2 amide bonds. The van der Waals surface area contributed by atoms with Crippen molar-refractivity contribution in [3.8, 4) is 5.75 Å². The summed E-state index contributed by atoms with van der Waals surface area (Å²) in [6.07, 6.45) is 2.46. The quantitative estimate of drug-likeness (QED) is 0.344. The maximum Gasteiger partial charge on any atom is 0.297 e. The molecule has 228 valence electrons. The fourth-order valence-electron chi connectivity index (χ4n) is 5.09.